The van der Waals surface area contributed by atoms with E-state index in [1.165, 1.54) is 0 Å². The fourth-order valence-electron chi connectivity index (χ4n) is 0.221. The molecule has 1 unspecified atom stereocenters. The first kappa shape index (κ1) is 8.02. The average Bonchev–Trinajstić information content (AvgIpc) is 2.12. The van der Waals surface area contributed by atoms with Crippen LogP contribution in [0.5, 0.6) is 0 Å². The first-order valence-corrected chi connectivity index (χ1v) is 7.07. The maximum absolute atomic E-state index is 9.79. The van der Waals surface area contributed by atoms with Crippen molar-refractivity contribution < 1.29 is 42.7 Å². The van der Waals surface area contributed by atoms with Crippen LogP contribution >= 0.6 is 7.94 Å². The van der Waals surface area contributed by atoms with E-state index in [0.717, 1.165) is 0 Å². The molecule has 1 heterocycles. The summed E-state index contributed by atoms with van der Waals surface area (Å²) >= 11 is -5.68. The van der Waals surface area contributed by atoms with Gasteiger partial charge in [0.15, 0.2) is 0 Å². The quantitative estimate of drug-likeness (QED) is 0.303. The van der Waals surface area contributed by atoms with E-state index in [0.29, 0.717) is 0 Å². The Balaban J connectivity index is 2.33. The molecule has 54 valence electrons. The van der Waals surface area contributed by atoms with Gasteiger partial charge in [-0.1, -0.05) is 0 Å². The molecular formula is CH3IO6P+. The molecule has 0 bridgehead atoms. The number of halogens is 1. The van der Waals surface area contributed by atoms with Crippen molar-refractivity contribution in [2.75, 3.05) is 6.35 Å². The van der Waals surface area contributed by atoms with Crippen LogP contribution in [0.15, 0.2) is 0 Å². The molecule has 0 aliphatic carbocycles. The Hall–Kier alpha value is 0.920. The Kier molecular flexibility index (Phi) is 1.97. The van der Waals surface area contributed by atoms with Gasteiger partial charge in [-0.3, -0.25) is 10.3 Å². The van der Waals surface area contributed by atoms with E-state index in [4.69, 9.17) is 4.89 Å². The van der Waals surface area contributed by atoms with Gasteiger partial charge >= 0.3 is 28.0 Å². The third kappa shape index (κ3) is 3.01. The molecule has 1 N–H and O–H groups in total. The smallest absolute Gasteiger partial charge is 0.252 e. The fourth-order valence-corrected chi connectivity index (χ4v) is 3.90. The van der Waals surface area contributed by atoms with Crippen molar-refractivity contribution in [2.45, 2.75) is 0 Å². The summed E-state index contributed by atoms with van der Waals surface area (Å²) < 4.78 is 37.2. The van der Waals surface area contributed by atoms with E-state index < -0.39 is 28.0 Å². The van der Waals surface area contributed by atoms with Crippen LogP contribution in [0.4, 0.5) is 0 Å². The molecule has 0 spiro atoms. The second-order valence-corrected chi connectivity index (χ2v) is 6.61. The maximum atomic E-state index is 9.79. The molecule has 1 atom stereocenters. The van der Waals surface area contributed by atoms with Gasteiger partial charge in [-0.25, -0.2) is 0 Å². The van der Waals surface area contributed by atoms with Crippen molar-refractivity contribution >= 4 is 7.94 Å². The third-order valence-corrected chi connectivity index (χ3v) is 4.92. The van der Waals surface area contributed by atoms with Crippen molar-refractivity contribution in [3.8, 4) is 0 Å². The molecule has 0 saturated carbocycles. The summed E-state index contributed by atoms with van der Waals surface area (Å²) in [6.45, 7) is 0. The SMILES string of the molecule is [O-][I+3]([O-])([O-])O[P+]1(O)CO1. The Labute approximate surface area is 57.3 Å². The van der Waals surface area contributed by atoms with Gasteiger partial charge in [0.05, 0.1) is 0 Å². The van der Waals surface area contributed by atoms with Gasteiger partial charge in [0.2, 0.25) is 2.85 Å². The van der Waals surface area contributed by atoms with Crippen LogP contribution in [-0.2, 0) is 7.38 Å². The highest BCUT2D eigenvalue weighted by Crippen LogP contribution is 2.69. The molecule has 0 aromatic rings. The predicted octanol–water partition coefficient (Wildman–Crippen LogP) is -6.35. The zero-order valence-electron chi connectivity index (χ0n) is 4.02. The zero-order valence-corrected chi connectivity index (χ0v) is 7.07. The average molecular weight is 269 g/mol. The molecule has 1 aliphatic rings. The van der Waals surface area contributed by atoms with Gasteiger partial charge < -0.3 is 0 Å². The monoisotopic (exact) mass is 269 g/mol. The van der Waals surface area contributed by atoms with E-state index in [-0.39, 0.29) is 6.35 Å². The number of hydrogen-bond acceptors (Lipinski definition) is 6. The van der Waals surface area contributed by atoms with Crippen LogP contribution in [0.25, 0.3) is 0 Å². The second-order valence-electron chi connectivity index (χ2n) is 1.34. The third-order valence-electron chi connectivity index (χ3n) is 0.542. The molecule has 1 saturated heterocycles. The Morgan fingerprint density at radius 1 is 1.56 bits per heavy atom. The van der Waals surface area contributed by atoms with Gasteiger partial charge in [0.1, 0.15) is 0 Å². The molecule has 0 aromatic carbocycles. The molecule has 1 rings (SSSR count). The molecule has 9 heavy (non-hydrogen) atoms. The summed E-state index contributed by atoms with van der Waals surface area (Å²) in [7, 11) is -3.14. The molecule has 0 amide bonds. The van der Waals surface area contributed by atoms with E-state index >= 15 is 0 Å². The summed E-state index contributed by atoms with van der Waals surface area (Å²) in [4.78, 5) is 8.58. The molecule has 8 heteroatoms. The van der Waals surface area contributed by atoms with Gasteiger partial charge in [-0.15, -0.1) is 4.52 Å². The lowest BCUT2D eigenvalue weighted by atomic mass is 11.7. The molecular weight excluding hydrogens is 266 g/mol. The van der Waals surface area contributed by atoms with E-state index in [2.05, 4.69) is 7.38 Å². The topological polar surface area (TPSA) is 111 Å². The minimum absolute atomic E-state index is 0.148. The molecule has 1 fully saturated rings. The van der Waals surface area contributed by atoms with Gasteiger partial charge in [-0.2, -0.15) is 4.89 Å². The van der Waals surface area contributed by atoms with Crippen LogP contribution in [0.1, 0.15) is 0 Å². The van der Waals surface area contributed by atoms with E-state index in [1.54, 1.807) is 0 Å². The van der Waals surface area contributed by atoms with E-state index in [1.807, 2.05) is 0 Å². The van der Waals surface area contributed by atoms with Crippen LogP contribution in [-0.4, -0.2) is 11.2 Å². The molecule has 0 radical (unpaired) electrons. The van der Waals surface area contributed by atoms with Gasteiger partial charge in [0, 0.05) is 0 Å². The second kappa shape index (κ2) is 2.21. The lowest BCUT2D eigenvalue weighted by Crippen LogP contribution is -4.23. The van der Waals surface area contributed by atoms with Crippen molar-refractivity contribution in [3.63, 3.8) is 0 Å². The largest absolute Gasteiger partial charge is 0.590 e. The minimum Gasteiger partial charge on any atom is -0.252 e. The number of hydrogen-bond donors (Lipinski definition) is 1. The van der Waals surface area contributed by atoms with Crippen molar-refractivity contribution in [1.29, 1.82) is 0 Å². The lowest BCUT2D eigenvalue weighted by molar-refractivity contribution is -1.91. The summed E-state index contributed by atoms with van der Waals surface area (Å²) in [5, 5.41) is 0. The molecule has 1 aliphatic heterocycles. The minimum atomic E-state index is -5.68. The zero-order chi connectivity index (χ0) is 7.12. The van der Waals surface area contributed by atoms with Crippen molar-refractivity contribution in [3.05, 3.63) is 0 Å². The maximum Gasteiger partial charge on any atom is 0.590 e. The van der Waals surface area contributed by atoms with E-state index in [9.17, 15) is 10.3 Å². The Morgan fingerprint density at radius 3 is 2.11 bits per heavy atom. The number of rotatable bonds is 2. The highest BCUT2D eigenvalue weighted by molar-refractivity contribution is 7.65. The summed E-state index contributed by atoms with van der Waals surface area (Å²) in [5.74, 6) is 0. The normalized spacial score (nSPS) is 34.7. The standard InChI is InChI=1S/CH3IO6P/c3-2(4,5)8-9(6)1-7-9/h6H,1H2/q+1. The molecule has 0 aromatic heterocycles. The Bertz CT molecular complexity index is 111. The van der Waals surface area contributed by atoms with Crippen LogP contribution in [0.3, 0.4) is 0 Å². The summed E-state index contributed by atoms with van der Waals surface area (Å²) in [6, 6.07) is 0. The van der Waals surface area contributed by atoms with Crippen molar-refractivity contribution in [1.82, 2.24) is 0 Å². The highest BCUT2D eigenvalue weighted by atomic mass is 127. The molecule has 6 nitrogen and oxygen atoms in total. The first-order chi connectivity index (χ1) is 3.91. The van der Waals surface area contributed by atoms with Crippen LogP contribution < -0.4 is 30.4 Å². The van der Waals surface area contributed by atoms with Gasteiger partial charge in [-0.05, 0) is 0 Å². The highest BCUT2D eigenvalue weighted by Gasteiger charge is 2.74. The Morgan fingerprint density at radius 2 is 2.00 bits per heavy atom. The van der Waals surface area contributed by atoms with Crippen LogP contribution in [0.2, 0.25) is 0 Å². The van der Waals surface area contributed by atoms with Crippen LogP contribution in [0, 0.1) is 0 Å². The first-order valence-electron chi connectivity index (χ1n) is 1.79. The summed E-state index contributed by atoms with van der Waals surface area (Å²) in [5.41, 5.74) is 0. The summed E-state index contributed by atoms with van der Waals surface area (Å²) in [6.07, 6.45) is -0.148. The van der Waals surface area contributed by atoms with Crippen molar-refractivity contribution in [2.24, 2.45) is 0 Å². The fraction of sp³-hybridized carbons (Fsp3) is 1.00. The van der Waals surface area contributed by atoms with Gasteiger partial charge in [0.25, 0.3) is 6.35 Å². The lowest BCUT2D eigenvalue weighted by Gasteiger charge is -1.98. The predicted molar refractivity (Wildman–Crippen MR) is 16.2 cm³/mol.